The fraction of sp³-hybridized carbons (Fsp3) is 0.222. The molecule has 8 heteroatoms. The predicted octanol–water partition coefficient (Wildman–Crippen LogP) is 2.22. The van der Waals surface area contributed by atoms with Crippen molar-refractivity contribution >= 4 is 11.9 Å². The van der Waals surface area contributed by atoms with Crippen LogP contribution in [0.4, 0.5) is 4.79 Å². The first kappa shape index (κ1) is 14.9. The third-order valence-electron chi connectivity index (χ3n) is 4.93. The summed E-state index contributed by atoms with van der Waals surface area (Å²) in [6.45, 7) is -0.0811. The van der Waals surface area contributed by atoms with Gasteiger partial charge in [0.25, 0.3) is 5.91 Å². The van der Waals surface area contributed by atoms with E-state index in [0.717, 1.165) is 22.4 Å². The Kier molecular flexibility index (Phi) is 3.03. The number of furan rings is 1. The number of nitrogens with one attached hydrogen (secondary N) is 1. The van der Waals surface area contributed by atoms with Crippen LogP contribution >= 0.6 is 0 Å². The van der Waals surface area contributed by atoms with E-state index in [1.165, 1.54) is 6.26 Å². The molecule has 1 unspecified atom stereocenters. The molecule has 0 bridgehead atoms. The summed E-state index contributed by atoms with van der Waals surface area (Å²) in [6, 6.07) is 10.7. The lowest BCUT2D eigenvalue weighted by Crippen LogP contribution is -2.41. The maximum atomic E-state index is 13.1. The standard InChI is InChI=1S/C18H14N4O4/c23-16-18(8-7-11-4-1-2-5-12(11)18)20-17(24)22(16)10-14-19-15(21-26-14)13-6-3-9-25-13/h1-6,9H,7-8,10H2,(H,20,24). The van der Waals surface area contributed by atoms with E-state index in [1.54, 1.807) is 12.1 Å². The number of urea groups is 1. The third-order valence-corrected chi connectivity index (χ3v) is 4.93. The molecule has 1 aliphatic carbocycles. The smallest absolute Gasteiger partial charge is 0.325 e. The summed E-state index contributed by atoms with van der Waals surface area (Å²) in [5.41, 5.74) is 0.959. The Bertz CT molecular complexity index is 1010. The van der Waals surface area contributed by atoms with Crippen molar-refractivity contribution in [1.29, 1.82) is 0 Å². The van der Waals surface area contributed by atoms with Crippen LogP contribution < -0.4 is 5.32 Å². The minimum Gasteiger partial charge on any atom is -0.461 e. The lowest BCUT2D eigenvalue weighted by Gasteiger charge is -2.21. The van der Waals surface area contributed by atoms with Gasteiger partial charge in [0.05, 0.1) is 6.26 Å². The molecule has 1 spiro atoms. The number of nitrogens with zero attached hydrogens (tertiary/aromatic N) is 3. The van der Waals surface area contributed by atoms with Crippen LogP contribution in [0.25, 0.3) is 11.6 Å². The van der Waals surface area contributed by atoms with Gasteiger partial charge in [-0.25, -0.2) is 4.79 Å². The maximum Gasteiger partial charge on any atom is 0.325 e. The molecule has 2 aromatic heterocycles. The molecule has 1 saturated heterocycles. The SMILES string of the molecule is O=C1NC2(CCc3ccccc32)C(=O)N1Cc1nc(-c2ccco2)no1. The molecular weight excluding hydrogens is 336 g/mol. The molecule has 8 nitrogen and oxygen atoms in total. The van der Waals surface area contributed by atoms with Crippen LogP contribution in [-0.2, 0) is 23.3 Å². The average Bonchev–Trinajstić information content (AvgIpc) is 3.41. The number of carbonyl (C=O) groups excluding carboxylic acids is 2. The minimum atomic E-state index is -0.989. The van der Waals surface area contributed by atoms with Gasteiger partial charge in [-0.1, -0.05) is 29.4 Å². The summed E-state index contributed by atoms with van der Waals surface area (Å²) in [4.78, 5) is 30.9. The molecule has 0 radical (unpaired) electrons. The highest BCUT2D eigenvalue weighted by Crippen LogP contribution is 2.41. The molecule has 3 heterocycles. The largest absolute Gasteiger partial charge is 0.461 e. The van der Waals surface area contributed by atoms with E-state index in [0.29, 0.717) is 12.2 Å². The lowest BCUT2D eigenvalue weighted by molar-refractivity contribution is -0.132. The molecule has 3 aromatic rings. The molecule has 26 heavy (non-hydrogen) atoms. The van der Waals surface area contributed by atoms with Crippen molar-refractivity contribution in [3.63, 3.8) is 0 Å². The van der Waals surface area contributed by atoms with Crippen LogP contribution in [0.2, 0.25) is 0 Å². The Labute approximate surface area is 147 Å². The highest BCUT2D eigenvalue weighted by Gasteiger charge is 2.55. The summed E-state index contributed by atoms with van der Waals surface area (Å²) >= 11 is 0. The van der Waals surface area contributed by atoms with Gasteiger partial charge in [-0.3, -0.25) is 9.69 Å². The van der Waals surface area contributed by atoms with Crippen LogP contribution in [0.5, 0.6) is 0 Å². The highest BCUT2D eigenvalue weighted by molar-refractivity contribution is 6.08. The van der Waals surface area contributed by atoms with Crippen LogP contribution in [0.3, 0.4) is 0 Å². The second-order valence-electron chi connectivity index (χ2n) is 6.37. The minimum absolute atomic E-state index is 0.0811. The van der Waals surface area contributed by atoms with E-state index in [9.17, 15) is 9.59 Å². The fourth-order valence-corrected chi connectivity index (χ4v) is 3.69. The molecular formula is C18H14N4O4. The highest BCUT2D eigenvalue weighted by atomic mass is 16.5. The third kappa shape index (κ3) is 2.01. The number of aryl methyl sites for hydroxylation is 1. The zero-order chi connectivity index (χ0) is 17.7. The molecule has 1 aliphatic heterocycles. The Morgan fingerprint density at radius 3 is 2.92 bits per heavy atom. The normalized spacial score (nSPS) is 21.5. The van der Waals surface area contributed by atoms with E-state index >= 15 is 0 Å². The van der Waals surface area contributed by atoms with E-state index in [1.807, 2.05) is 24.3 Å². The van der Waals surface area contributed by atoms with Crippen LogP contribution in [0.1, 0.15) is 23.4 Å². The van der Waals surface area contributed by atoms with Gasteiger partial charge in [-0.15, -0.1) is 0 Å². The van der Waals surface area contributed by atoms with Gasteiger partial charge < -0.3 is 14.3 Å². The summed E-state index contributed by atoms with van der Waals surface area (Å²) in [5, 5.41) is 6.70. The number of amides is 3. The zero-order valence-corrected chi connectivity index (χ0v) is 13.6. The monoisotopic (exact) mass is 350 g/mol. The zero-order valence-electron chi connectivity index (χ0n) is 13.6. The van der Waals surface area contributed by atoms with E-state index in [4.69, 9.17) is 8.94 Å². The van der Waals surface area contributed by atoms with Crippen molar-refractivity contribution in [2.24, 2.45) is 0 Å². The van der Waals surface area contributed by atoms with Gasteiger partial charge >= 0.3 is 6.03 Å². The molecule has 1 N–H and O–H groups in total. The Morgan fingerprint density at radius 2 is 2.08 bits per heavy atom. The second-order valence-corrected chi connectivity index (χ2v) is 6.37. The van der Waals surface area contributed by atoms with Crippen LogP contribution in [0.15, 0.2) is 51.6 Å². The summed E-state index contributed by atoms with van der Waals surface area (Å²) in [6.07, 6.45) is 2.80. The molecule has 1 aromatic carbocycles. The lowest BCUT2D eigenvalue weighted by atomic mass is 9.92. The summed E-state index contributed by atoms with van der Waals surface area (Å²) in [7, 11) is 0. The molecule has 2 aliphatic rings. The fourth-order valence-electron chi connectivity index (χ4n) is 3.69. The van der Waals surface area contributed by atoms with Crippen LogP contribution in [-0.4, -0.2) is 27.0 Å². The van der Waals surface area contributed by atoms with E-state index in [2.05, 4.69) is 15.5 Å². The van der Waals surface area contributed by atoms with Crippen molar-refractivity contribution in [2.45, 2.75) is 24.9 Å². The number of fused-ring (bicyclic) bond motifs is 2. The summed E-state index contributed by atoms with van der Waals surface area (Å²) in [5.74, 6) is 0.616. The molecule has 0 saturated carbocycles. The quantitative estimate of drug-likeness (QED) is 0.727. The Morgan fingerprint density at radius 1 is 1.19 bits per heavy atom. The average molecular weight is 350 g/mol. The number of carbonyl (C=O) groups is 2. The van der Waals surface area contributed by atoms with Gasteiger partial charge in [-0.2, -0.15) is 4.98 Å². The second kappa shape index (κ2) is 5.29. The van der Waals surface area contributed by atoms with Gasteiger partial charge in [-0.05, 0) is 36.1 Å². The Balaban J connectivity index is 1.43. The molecule has 130 valence electrons. The molecule has 5 rings (SSSR count). The summed E-state index contributed by atoms with van der Waals surface area (Å²) < 4.78 is 10.4. The number of aromatic nitrogens is 2. The van der Waals surface area contributed by atoms with Gasteiger partial charge in [0.15, 0.2) is 5.76 Å². The maximum absolute atomic E-state index is 13.1. The Hall–Kier alpha value is -3.42. The first-order valence-corrected chi connectivity index (χ1v) is 8.26. The van der Waals surface area contributed by atoms with Gasteiger partial charge in [0, 0.05) is 0 Å². The number of hydrogen-bond donors (Lipinski definition) is 1. The van der Waals surface area contributed by atoms with Crippen molar-refractivity contribution in [1.82, 2.24) is 20.4 Å². The topological polar surface area (TPSA) is 101 Å². The van der Waals surface area contributed by atoms with Crippen LogP contribution in [0, 0.1) is 0 Å². The van der Waals surface area contributed by atoms with Crippen molar-refractivity contribution in [3.05, 3.63) is 59.7 Å². The first-order chi connectivity index (χ1) is 12.7. The molecule has 1 atom stereocenters. The van der Waals surface area contributed by atoms with E-state index < -0.39 is 11.6 Å². The number of hydrogen-bond acceptors (Lipinski definition) is 6. The van der Waals surface area contributed by atoms with Crippen molar-refractivity contribution in [3.8, 4) is 11.6 Å². The van der Waals surface area contributed by atoms with E-state index in [-0.39, 0.29) is 24.2 Å². The molecule has 1 fully saturated rings. The number of benzene rings is 1. The predicted molar refractivity (Wildman–Crippen MR) is 87.5 cm³/mol. The number of rotatable bonds is 3. The van der Waals surface area contributed by atoms with Gasteiger partial charge in [0.2, 0.25) is 11.7 Å². The van der Waals surface area contributed by atoms with Crippen molar-refractivity contribution < 1.29 is 18.5 Å². The number of imide groups is 1. The molecule has 3 amide bonds. The first-order valence-electron chi connectivity index (χ1n) is 8.26. The van der Waals surface area contributed by atoms with Crippen molar-refractivity contribution in [2.75, 3.05) is 0 Å². The van der Waals surface area contributed by atoms with Gasteiger partial charge in [0.1, 0.15) is 12.1 Å².